The molecule has 1 aromatic carbocycles. The number of thioether (sulfide) groups is 1. The number of nitrogens with zero attached hydrogens (tertiary/aromatic N) is 5. The monoisotopic (exact) mass is 365 g/mol. The first-order valence-corrected chi connectivity index (χ1v) is 9.61. The zero-order valence-corrected chi connectivity index (χ0v) is 15.1. The van der Waals surface area contributed by atoms with Crippen molar-refractivity contribution in [2.45, 2.75) is 17.9 Å². The second-order valence-electron chi connectivity index (χ2n) is 6.15. The number of likely N-dealkylation sites (tertiary alicyclic amines) is 1. The van der Waals surface area contributed by atoms with Crippen molar-refractivity contribution in [1.82, 2.24) is 24.6 Å². The lowest BCUT2D eigenvalue weighted by molar-refractivity contribution is -0.127. The fourth-order valence-electron chi connectivity index (χ4n) is 2.96. The highest BCUT2D eigenvalue weighted by molar-refractivity contribution is 7.99. The van der Waals surface area contributed by atoms with Crippen LogP contribution < -0.4 is 0 Å². The maximum atomic E-state index is 12.1. The summed E-state index contributed by atoms with van der Waals surface area (Å²) in [6.45, 7) is 1.78. The molecule has 4 rings (SSSR count). The van der Waals surface area contributed by atoms with Crippen molar-refractivity contribution in [3.05, 3.63) is 55.1 Å². The molecule has 1 saturated heterocycles. The van der Waals surface area contributed by atoms with Gasteiger partial charge in [-0.15, -0.1) is 10.2 Å². The van der Waals surface area contributed by atoms with Gasteiger partial charge in [0, 0.05) is 36.7 Å². The zero-order chi connectivity index (χ0) is 17.8. The van der Waals surface area contributed by atoms with Crippen LogP contribution in [0.2, 0.25) is 0 Å². The van der Waals surface area contributed by atoms with Gasteiger partial charge >= 0.3 is 0 Å². The third-order valence-electron chi connectivity index (χ3n) is 4.41. The van der Waals surface area contributed by atoms with E-state index in [4.69, 9.17) is 0 Å². The Hall–Kier alpha value is -2.67. The first-order chi connectivity index (χ1) is 12.8. The van der Waals surface area contributed by atoms with Crippen molar-refractivity contribution in [3.8, 4) is 16.9 Å². The smallest absolute Gasteiger partial charge is 0.232 e. The van der Waals surface area contributed by atoms with Gasteiger partial charge in [0.2, 0.25) is 5.91 Å². The molecule has 0 aliphatic carbocycles. The number of amides is 1. The molecule has 3 heterocycles. The number of carbonyl (C=O) groups is 1. The predicted molar refractivity (Wildman–Crippen MR) is 101 cm³/mol. The number of rotatable bonds is 5. The summed E-state index contributed by atoms with van der Waals surface area (Å²) in [5, 5.41) is 9.33. The molecule has 3 aromatic rings. The van der Waals surface area contributed by atoms with Crippen LogP contribution in [0.5, 0.6) is 0 Å². The molecule has 0 radical (unpaired) electrons. The molecule has 132 valence electrons. The number of benzene rings is 1. The number of hydrogen-bond acceptors (Lipinski definition) is 5. The van der Waals surface area contributed by atoms with E-state index in [0.29, 0.717) is 5.75 Å². The minimum Gasteiger partial charge on any atom is -0.342 e. The molecular formula is C19H19N5OS. The van der Waals surface area contributed by atoms with Crippen LogP contribution in [-0.2, 0) is 4.79 Å². The van der Waals surface area contributed by atoms with Crippen LogP contribution in [-0.4, -0.2) is 49.4 Å². The molecule has 0 N–H and O–H groups in total. The topological polar surface area (TPSA) is 63.9 Å². The van der Waals surface area contributed by atoms with Crippen LogP contribution >= 0.6 is 11.8 Å². The van der Waals surface area contributed by atoms with Crippen molar-refractivity contribution in [2.75, 3.05) is 18.8 Å². The first kappa shape index (κ1) is 16.8. The van der Waals surface area contributed by atoms with Gasteiger partial charge in [0.1, 0.15) is 5.03 Å². The second-order valence-corrected chi connectivity index (χ2v) is 7.15. The van der Waals surface area contributed by atoms with Gasteiger partial charge in [0.05, 0.1) is 17.8 Å². The quantitative estimate of drug-likeness (QED) is 0.650. The van der Waals surface area contributed by atoms with Gasteiger partial charge in [0.15, 0.2) is 0 Å². The van der Waals surface area contributed by atoms with E-state index in [9.17, 15) is 4.79 Å². The molecule has 1 amide bonds. The molecule has 1 aliphatic heterocycles. The second kappa shape index (κ2) is 7.70. The highest BCUT2D eigenvalue weighted by Crippen LogP contribution is 2.22. The molecular weight excluding hydrogens is 346 g/mol. The van der Waals surface area contributed by atoms with Crippen molar-refractivity contribution in [2.24, 2.45) is 0 Å². The fourth-order valence-corrected chi connectivity index (χ4v) is 3.68. The van der Waals surface area contributed by atoms with Crippen molar-refractivity contribution < 1.29 is 4.79 Å². The van der Waals surface area contributed by atoms with Crippen LogP contribution in [0.25, 0.3) is 16.9 Å². The first-order valence-electron chi connectivity index (χ1n) is 8.63. The van der Waals surface area contributed by atoms with Gasteiger partial charge in [-0.1, -0.05) is 23.9 Å². The Morgan fingerprint density at radius 1 is 1.04 bits per heavy atom. The average Bonchev–Trinajstić information content (AvgIpc) is 3.41. The maximum Gasteiger partial charge on any atom is 0.232 e. The van der Waals surface area contributed by atoms with E-state index in [1.807, 2.05) is 52.1 Å². The molecule has 0 unspecified atom stereocenters. The molecule has 1 fully saturated rings. The minimum atomic E-state index is 0.188. The summed E-state index contributed by atoms with van der Waals surface area (Å²) in [5.74, 6) is 0.613. The van der Waals surface area contributed by atoms with E-state index < -0.39 is 0 Å². The maximum absolute atomic E-state index is 12.1. The normalized spacial score (nSPS) is 13.9. The van der Waals surface area contributed by atoms with Gasteiger partial charge in [-0.25, -0.2) is 4.98 Å². The summed E-state index contributed by atoms with van der Waals surface area (Å²) in [6.07, 6.45) is 7.66. The van der Waals surface area contributed by atoms with Crippen molar-refractivity contribution >= 4 is 17.7 Å². The van der Waals surface area contributed by atoms with Gasteiger partial charge in [-0.05, 0) is 37.1 Å². The Kier molecular flexibility index (Phi) is 4.97. The van der Waals surface area contributed by atoms with Crippen LogP contribution in [0.4, 0.5) is 0 Å². The number of imidazole rings is 1. The van der Waals surface area contributed by atoms with Crippen molar-refractivity contribution in [3.63, 3.8) is 0 Å². The molecule has 0 saturated carbocycles. The summed E-state index contributed by atoms with van der Waals surface area (Å²) < 4.78 is 1.95. The lowest BCUT2D eigenvalue weighted by atomic mass is 10.1. The Morgan fingerprint density at radius 2 is 1.85 bits per heavy atom. The summed E-state index contributed by atoms with van der Waals surface area (Å²) in [7, 11) is 0. The SMILES string of the molecule is O=C(CSc1ccc(-c2ccc(-n3ccnc3)cc2)nn1)N1CCCC1. The molecule has 0 atom stereocenters. The Bertz CT molecular complexity index is 856. The van der Waals surface area contributed by atoms with E-state index in [1.165, 1.54) is 11.8 Å². The fraction of sp³-hybridized carbons (Fsp3) is 0.263. The molecule has 2 aromatic heterocycles. The van der Waals surface area contributed by atoms with Crippen LogP contribution in [0.3, 0.4) is 0 Å². The molecule has 6 nitrogen and oxygen atoms in total. The molecule has 1 aliphatic rings. The molecule has 26 heavy (non-hydrogen) atoms. The van der Waals surface area contributed by atoms with Gasteiger partial charge < -0.3 is 9.47 Å². The number of aromatic nitrogens is 4. The Labute approximate surface area is 156 Å². The number of hydrogen-bond donors (Lipinski definition) is 0. The Morgan fingerprint density at radius 3 is 2.50 bits per heavy atom. The van der Waals surface area contributed by atoms with Crippen molar-refractivity contribution in [1.29, 1.82) is 0 Å². The highest BCUT2D eigenvalue weighted by Gasteiger charge is 2.17. The third kappa shape index (κ3) is 3.77. The van der Waals surface area contributed by atoms with E-state index in [0.717, 1.165) is 47.9 Å². The average molecular weight is 365 g/mol. The standard InChI is InChI=1S/C19H19N5OS/c25-19(23-10-1-2-11-23)13-26-18-8-7-17(21-22-18)15-3-5-16(6-4-15)24-12-9-20-14-24/h3-9,12,14H,1-2,10-11,13H2. The van der Waals surface area contributed by atoms with Gasteiger partial charge in [0.25, 0.3) is 0 Å². The van der Waals surface area contributed by atoms with Gasteiger partial charge in [-0.3, -0.25) is 4.79 Å². The van der Waals surface area contributed by atoms with E-state index >= 15 is 0 Å². The minimum absolute atomic E-state index is 0.188. The van der Waals surface area contributed by atoms with Crippen LogP contribution in [0.1, 0.15) is 12.8 Å². The highest BCUT2D eigenvalue weighted by atomic mass is 32.2. The summed E-state index contributed by atoms with van der Waals surface area (Å²) >= 11 is 1.44. The van der Waals surface area contributed by atoms with Crippen LogP contribution in [0.15, 0.2) is 60.1 Å². The van der Waals surface area contributed by atoms with Crippen LogP contribution in [0, 0.1) is 0 Å². The molecule has 0 bridgehead atoms. The summed E-state index contributed by atoms with van der Waals surface area (Å²) in [4.78, 5) is 18.1. The van der Waals surface area contributed by atoms with E-state index in [1.54, 1.807) is 12.5 Å². The van der Waals surface area contributed by atoms with E-state index in [-0.39, 0.29) is 5.91 Å². The zero-order valence-electron chi connectivity index (χ0n) is 14.3. The summed E-state index contributed by atoms with van der Waals surface area (Å²) in [5.41, 5.74) is 2.87. The largest absolute Gasteiger partial charge is 0.342 e. The summed E-state index contributed by atoms with van der Waals surface area (Å²) in [6, 6.07) is 12.0. The predicted octanol–water partition coefficient (Wildman–Crippen LogP) is 3.04. The number of carbonyl (C=O) groups excluding carboxylic acids is 1. The molecule has 7 heteroatoms. The Balaban J connectivity index is 1.38. The van der Waals surface area contributed by atoms with E-state index in [2.05, 4.69) is 15.2 Å². The lowest BCUT2D eigenvalue weighted by Gasteiger charge is -2.14. The van der Waals surface area contributed by atoms with Gasteiger partial charge in [-0.2, -0.15) is 0 Å². The third-order valence-corrected chi connectivity index (χ3v) is 5.31. The lowest BCUT2D eigenvalue weighted by Crippen LogP contribution is -2.29. The molecule has 0 spiro atoms.